The summed E-state index contributed by atoms with van der Waals surface area (Å²) in [4.78, 5) is 11.2. The van der Waals surface area contributed by atoms with Gasteiger partial charge >= 0.3 is 5.97 Å². The minimum atomic E-state index is -0.683. The molecule has 0 saturated heterocycles. The van der Waals surface area contributed by atoms with Gasteiger partial charge in [-0.2, -0.15) is 0 Å². The van der Waals surface area contributed by atoms with E-state index in [1.165, 1.54) is 19.2 Å². The van der Waals surface area contributed by atoms with Crippen LogP contribution in [0.4, 0.5) is 4.39 Å². The van der Waals surface area contributed by atoms with Gasteiger partial charge in [-0.15, -0.1) is 0 Å². The van der Waals surface area contributed by atoms with Gasteiger partial charge in [-0.1, -0.05) is 6.07 Å². The fourth-order valence-corrected chi connectivity index (χ4v) is 1.65. The van der Waals surface area contributed by atoms with Crippen LogP contribution in [0.15, 0.2) is 18.2 Å². The van der Waals surface area contributed by atoms with Crippen LogP contribution in [0.2, 0.25) is 0 Å². The van der Waals surface area contributed by atoms with E-state index in [4.69, 9.17) is 5.11 Å². The molecule has 5 heteroatoms. The van der Waals surface area contributed by atoms with Gasteiger partial charge in [-0.25, -0.2) is 9.18 Å². The largest absolute Gasteiger partial charge is 0.465 e. The molecular weight excluding hydrogens is 249 g/mol. The molecule has 0 saturated carbocycles. The third kappa shape index (κ3) is 4.61. The van der Waals surface area contributed by atoms with E-state index < -0.39 is 11.8 Å². The Bertz CT molecular complexity index is 446. The summed E-state index contributed by atoms with van der Waals surface area (Å²) < 4.78 is 18.2. The van der Waals surface area contributed by atoms with Crippen molar-refractivity contribution in [2.45, 2.75) is 32.4 Å². The predicted octanol–water partition coefficient (Wildman–Crippen LogP) is 1.86. The lowest BCUT2D eigenvalue weighted by Gasteiger charge is -2.25. The number of ether oxygens (including phenoxy) is 1. The van der Waals surface area contributed by atoms with Crippen LogP contribution in [0.5, 0.6) is 0 Å². The first-order valence-electron chi connectivity index (χ1n) is 6.12. The molecule has 0 atom stereocenters. The van der Waals surface area contributed by atoms with Gasteiger partial charge in [0.25, 0.3) is 0 Å². The van der Waals surface area contributed by atoms with Crippen LogP contribution in [0.3, 0.4) is 0 Å². The molecule has 0 unspecified atom stereocenters. The van der Waals surface area contributed by atoms with E-state index in [2.05, 4.69) is 10.1 Å². The van der Waals surface area contributed by atoms with Gasteiger partial charge in [0.2, 0.25) is 0 Å². The highest BCUT2D eigenvalue weighted by Crippen LogP contribution is 2.14. The molecule has 0 bridgehead atoms. The standard InChI is InChI=1S/C14H20FNO3/c1-14(2,6-7-17)16-9-10-4-5-11(12(15)8-10)13(18)19-3/h4-5,8,16-17H,6-7,9H2,1-3H3. The second kappa shape index (κ2) is 6.63. The number of halogens is 1. The van der Waals surface area contributed by atoms with E-state index in [9.17, 15) is 9.18 Å². The van der Waals surface area contributed by atoms with Crippen LogP contribution in [0, 0.1) is 5.82 Å². The number of nitrogens with one attached hydrogen (secondary N) is 1. The van der Waals surface area contributed by atoms with Gasteiger partial charge in [0.05, 0.1) is 12.7 Å². The van der Waals surface area contributed by atoms with Crippen LogP contribution in [-0.4, -0.2) is 30.3 Å². The van der Waals surface area contributed by atoms with Gasteiger partial charge in [0.1, 0.15) is 5.82 Å². The molecule has 0 aromatic heterocycles. The minimum Gasteiger partial charge on any atom is -0.465 e. The van der Waals surface area contributed by atoms with E-state index in [-0.39, 0.29) is 17.7 Å². The summed E-state index contributed by atoms with van der Waals surface area (Å²) in [6.07, 6.45) is 0.607. The van der Waals surface area contributed by atoms with Crippen LogP contribution in [0.25, 0.3) is 0 Å². The number of carbonyl (C=O) groups is 1. The van der Waals surface area contributed by atoms with Crippen molar-refractivity contribution in [3.8, 4) is 0 Å². The number of hydrogen-bond acceptors (Lipinski definition) is 4. The zero-order valence-electron chi connectivity index (χ0n) is 11.5. The fourth-order valence-electron chi connectivity index (χ4n) is 1.65. The summed E-state index contributed by atoms with van der Waals surface area (Å²) in [5, 5.41) is 12.1. The second-order valence-electron chi connectivity index (χ2n) is 5.02. The van der Waals surface area contributed by atoms with E-state index in [0.717, 1.165) is 5.56 Å². The van der Waals surface area contributed by atoms with Crippen LogP contribution in [0.1, 0.15) is 36.2 Å². The zero-order chi connectivity index (χ0) is 14.5. The Balaban J connectivity index is 2.71. The quantitative estimate of drug-likeness (QED) is 0.774. The highest BCUT2D eigenvalue weighted by Gasteiger charge is 2.17. The molecule has 106 valence electrons. The third-order valence-electron chi connectivity index (χ3n) is 2.95. The highest BCUT2D eigenvalue weighted by atomic mass is 19.1. The van der Waals surface area contributed by atoms with Crippen molar-refractivity contribution in [1.82, 2.24) is 5.32 Å². The van der Waals surface area contributed by atoms with E-state index in [1.807, 2.05) is 13.8 Å². The van der Waals surface area contributed by atoms with Crippen LogP contribution < -0.4 is 5.32 Å². The van der Waals surface area contributed by atoms with Crippen molar-refractivity contribution in [3.05, 3.63) is 35.1 Å². The first-order chi connectivity index (χ1) is 8.89. The highest BCUT2D eigenvalue weighted by molar-refractivity contribution is 5.89. The first kappa shape index (κ1) is 15.6. The maximum absolute atomic E-state index is 13.7. The Morgan fingerprint density at radius 1 is 1.47 bits per heavy atom. The summed E-state index contributed by atoms with van der Waals surface area (Å²) in [6.45, 7) is 4.48. The molecule has 0 aliphatic carbocycles. The average Bonchev–Trinajstić information content (AvgIpc) is 2.36. The van der Waals surface area contributed by atoms with E-state index in [1.54, 1.807) is 6.07 Å². The molecule has 19 heavy (non-hydrogen) atoms. The number of benzene rings is 1. The van der Waals surface area contributed by atoms with Crippen LogP contribution in [-0.2, 0) is 11.3 Å². The molecule has 0 fully saturated rings. The zero-order valence-corrected chi connectivity index (χ0v) is 11.5. The topological polar surface area (TPSA) is 58.6 Å². The van der Waals surface area contributed by atoms with Gasteiger partial charge in [-0.3, -0.25) is 0 Å². The van der Waals surface area contributed by atoms with E-state index >= 15 is 0 Å². The Hall–Kier alpha value is -1.46. The Morgan fingerprint density at radius 2 is 2.16 bits per heavy atom. The number of rotatable bonds is 6. The molecule has 0 spiro atoms. The number of aliphatic hydroxyl groups is 1. The van der Waals surface area contributed by atoms with Crippen molar-refractivity contribution in [1.29, 1.82) is 0 Å². The minimum absolute atomic E-state index is 0.0686. The fraction of sp³-hybridized carbons (Fsp3) is 0.500. The third-order valence-corrected chi connectivity index (χ3v) is 2.95. The Labute approximate surface area is 112 Å². The summed E-state index contributed by atoms with van der Waals surface area (Å²) in [6, 6.07) is 4.41. The number of esters is 1. The molecule has 1 aromatic carbocycles. The molecule has 0 heterocycles. The number of aliphatic hydroxyl groups excluding tert-OH is 1. The number of carbonyl (C=O) groups excluding carboxylic acids is 1. The monoisotopic (exact) mass is 269 g/mol. The lowest BCUT2D eigenvalue weighted by Crippen LogP contribution is -2.39. The van der Waals surface area contributed by atoms with Crippen molar-refractivity contribution >= 4 is 5.97 Å². The number of hydrogen-bond donors (Lipinski definition) is 2. The van der Waals surface area contributed by atoms with Gasteiger partial charge in [0, 0.05) is 18.7 Å². The first-order valence-corrected chi connectivity index (χ1v) is 6.12. The normalized spacial score (nSPS) is 11.4. The van der Waals surface area contributed by atoms with Crippen molar-refractivity contribution in [3.63, 3.8) is 0 Å². The van der Waals surface area contributed by atoms with Gasteiger partial charge in [0.15, 0.2) is 0 Å². The molecule has 1 aromatic rings. The lowest BCUT2D eigenvalue weighted by atomic mass is 10.0. The Kier molecular flexibility index (Phi) is 5.44. The van der Waals surface area contributed by atoms with Crippen LogP contribution >= 0.6 is 0 Å². The van der Waals surface area contributed by atoms with Gasteiger partial charge < -0.3 is 15.2 Å². The smallest absolute Gasteiger partial charge is 0.340 e. The second-order valence-corrected chi connectivity index (χ2v) is 5.02. The summed E-state index contributed by atoms with van der Waals surface area (Å²) >= 11 is 0. The summed E-state index contributed by atoms with van der Waals surface area (Å²) in [7, 11) is 1.22. The average molecular weight is 269 g/mol. The molecule has 0 radical (unpaired) electrons. The molecule has 4 nitrogen and oxygen atoms in total. The molecule has 2 N–H and O–H groups in total. The molecule has 0 aliphatic heterocycles. The number of methoxy groups -OCH3 is 1. The molecular formula is C14H20FNO3. The van der Waals surface area contributed by atoms with Crippen molar-refractivity contribution in [2.75, 3.05) is 13.7 Å². The maximum Gasteiger partial charge on any atom is 0.340 e. The molecule has 1 rings (SSSR count). The van der Waals surface area contributed by atoms with Crippen molar-refractivity contribution in [2.24, 2.45) is 0 Å². The maximum atomic E-state index is 13.7. The predicted molar refractivity (Wildman–Crippen MR) is 70.4 cm³/mol. The Morgan fingerprint density at radius 3 is 2.68 bits per heavy atom. The molecule has 0 amide bonds. The SMILES string of the molecule is COC(=O)c1ccc(CNC(C)(C)CCO)cc1F. The summed E-state index contributed by atoms with van der Waals surface area (Å²) in [5.41, 5.74) is 0.434. The van der Waals surface area contributed by atoms with E-state index in [0.29, 0.717) is 13.0 Å². The summed E-state index contributed by atoms with van der Waals surface area (Å²) in [5.74, 6) is -1.27. The van der Waals surface area contributed by atoms with Crippen molar-refractivity contribution < 1.29 is 19.0 Å². The molecule has 0 aliphatic rings. The lowest BCUT2D eigenvalue weighted by molar-refractivity contribution is 0.0595. The van der Waals surface area contributed by atoms with Gasteiger partial charge in [-0.05, 0) is 38.0 Å².